The molecule has 0 bridgehead atoms. The van der Waals surface area contributed by atoms with E-state index in [4.69, 9.17) is 4.74 Å². The summed E-state index contributed by atoms with van der Waals surface area (Å²) in [4.78, 5) is 12.4. The van der Waals surface area contributed by atoms with E-state index in [9.17, 15) is 4.79 Å². The third-order valence-electron chi connectivity index (χ3n) is 4.22. The van der Waals surface area contributed by atoms with Gasteiger partial charge in [0.15, 0.2) is 0 Å². The summed E-state index contributed by atoms with van der Waals surface area (Å²) in [6.45, 7) is 4.58. The Morgan fingerprint density at radius 2 is 2.30 bits per heavy atom. The van der Waals surface area contributed by atoms with Crippen LogP contribution in [0.25, 0.3) is 0 Å². The number of hydrogen-bond donors (Lipinski definition) is 2. The van der Waals surface area contributed by atoms with Crippen LogP contribution in [0.1, 0.15) is 41.3 Å². The normalized spacial score (nSPS) is 24.6. The fraction of sp³-hybridized carbons (Fsp3) is 0.562. The average Bonchev–Trinajstić information content (AvgIpc) is 2.44. The molecule has 3 rings (SSSR count). The van der Waals surface area contributed by atoms with Gasteiger partial charge in [0, 0.05) is 24.8 Å². The molecule has 20 heavy (non-hydrogen) atoms. The van der Waals surface area contributed by atoms with Crippen molar-refractivity contribution in [3.05, 3.63) is 34.9 Å². The molecule has 4 heteroatoms. The van der Waals surface area contributed by atoms with Crippen molar-refractivity contribution in [2.75, 3.05) is 13.2 Å². The first-order valence-corrected chi connectivity index (χ1v) is 7.52. The predicted octanol–water partition coefficient (Wildman–Crippen LogP) is 1.63. The molecule has 2 N–H and O–H groups in total. The maximum Gasteiger partial charge on any atom is 0.251 e. The van der Waals surface area contributed by atoms with E-state index in [-0.39, 0.29) is 11.9 Å². The molecule has 1 aromatic carbocycles. The average molecular weight is 274 g/mol. The molecule has 1 amide bonds. The van der Waals surface area contributed by atoms with Gasteiger partial charge in [-0.2, -0.15) is 0 Å². The monoisotopic (exact) mass is 274 g/mol. The molecule has 1 fully saturated rings. The van der Waals surface area contributed by atoms with Crippen molar-refractivity contribution < 1.29 is 9.53 Å². The van der Waals surface area contributed by atoms with Crippen LogP contribution in [0, 0.1) is 0 Å². The van der Waals surface area contributed by atoms with Crippen LogP contribution in [0.4, 0.5) is 0 Å². The first kappa shape index (κ1) is 13.6. The van der Waals surface area contributed by atoms with Crippen LogP contribution in [0.2, 0.25) is 0 Å². The second-order valence-electron chi connectivity index (χ2n) is 5.59. The Labute approximate surface area is 119 Å². The van der Waals surface area contributed by atoms with E-state index in [1.165, 1.54) is 11.1 Å². The van der Waals surface area contributed by atoms with E-state index in [0.29, 0.717) is 6.10 Å². The Bertz CT molecular complexity index is 495. The lowest BCUT2D eigenvalue weighted by Crippen LogP contribution is -2.48. The quantitative estimate of drug-likeness (QED) is 0.877. The minimum atomic E-state index is 0.0729. The number of nitrogens with one attached hydrogen (secondary N) is 2. The van der Waals surface area contributed by atoms with Gasteiger partial charge in [-0.25, -0.2) is 0 Å². The fourth-order valence-electron chi connectivity index (χ4n) is 3.06. The summed E-state index contributed by atoms with van der Waals surface area (Å²) in [5.41, 5.74) is 3.32. The molecule has 2 aliphatic rings. The van der Waals surface area contributed by atoms with Crippen molar-refractivity contribution in [1.29, 1.82) is 0 Å². The molecule has 0 radical (unpaired) electrons. The summed E-state index contributed by atoms with van der Waals surface area (Å²) in [5.74, 6) is 0.0729. The van der Waals surface area contributed by atoms with E-state index >= 15 is 0 Å². The Balaban J connectivity index is 1.63. The molecule has 1 aliphatic heterocycles. The Hall–Kier alpha value is -1.39. The maximum atomic E-state index is 12.4. The lowest BCUT2D eigenvalue weighted by molar-refractivity contribution is -0.00863. The Morgan fingerprint density at radius 1 is 1.45 bits per heavy atom. The largest absolute Gasteiger partial charge is 0.378 e. The standard InChI is InChI=1S/C16H22N2O2/c1-2-20-13-8-12(9-13)18-16(19)15-5-3-4-11-10-17-7-6-14(11)15/h3-5,12-13,17H,2,6-10H2,1H3,(H,18,19). The summed E-state index contributed by atoms with van der Waals surface area (Å²) in [5, 5.41) is 6.47. The molecule has 0 aromatic heterocycles. The molecule has 108 valence electrons. The lowest BCUT2D eigenvalue weighted by Gasteiger charge is -2.35. The van der Waals surface area contributed by atoms with Gasteiger partial charge in [0.05, 0.1) is 6.10 Å². The first-order chi connectivity index (χ1) is 9.78. The zero-order valence-corrected chi connectivity index (χ0v) is 11.9. The number of carbonyl (C=O) groups is 1. The first-order valence-electron chi connectivity index (χ1n) is 7.52. The highest BCUT2D eigenvalue weighted by atomic mass is 16.5. The summed E-state index contributed by atoms with van der Waals surface area (Å²) in [7, 11) is 0. The van der Waals surface area contributed by atoms with E-state index in [1.807, 2.05) is 19.1 Å². The highest BCUT2D eigenvalue weighted by molar-refractivity contribution is 5.96. The van der Waals surface area contributed by atoms with Crippen LogP contribution in [0.15, 0.2) is 18.2 Å². The second kappa shape index (κ2) is 5.94. The second-order valence-corrected chi connectivity index (χ2v) is 5.59. The van der Waals surface area contributed by atoms with E-state index in [0.717, 1.165) is 44.5 Å². The van der Waals surface area contributed by atoms with Gasteiger partial charge in [0.2, 0.25) is 0 Å². The summed E-state index contributed by atoms with van der Waals surface area (Å²) < 4.78 is 5.53. The number of hydrogen-bond acceptors (Lipinski definition) is 3. The lowest BCUT2D eigenvalue weighted by atomic mass is 9.88. The number of fused-ring (bicyclic) bond motifs is 1. The zero-order chi connectivity index (χ0) is 13.9. The van der Waals surface area contributed by atoms with Crippen LogP contribution < -0.4 is 10.6 Å². The van der Waals surface area contributed by atoms with Crippen LogP contribution in [-0.4, -0.2) is 31.2 Å². The van der Waals surface area contributed by atoms with Gasteiger partial charge in [-0.3, -0.25) is 4.79 Å². The number of carbonyl (C=O) groups excluding carboxylic acids is 1. The number of benzene rings is 1. The third-order valence-corrected chi connectivity index (χ3v) is 4.22. The molecule has 0 atom stereocenters. The summed E-state index contributed by atoms with van der Waals surface area (Å²) in [6.07, 6.45) is 3.15. The smallest absolute Gasteiger partial charge is 0.251 e. The molecule has 0 unspecified atom stereocenters. The van der Waals surface area contributed by atoms with Gasteiger partial charge in [-0.05, 0) is 49.9 Å². The van der Waals surface area contributed by atoms with E-state index in [1.54, 1.807) is 0 Å². The van der Waals surface area contributed by atoms with Gasteiger partial charge >= 0.3 is 0 Å². The zero-order valence-electron chi connectivity index (χ0n) is 11.9. The van der Waals surface area contributed by atoms with Crippen molar-refractivity contribution in [3.63, 3.8) is 0 Å². The Kier molecular flexibility index (Phi) is 4.03. The molecule has 4 nitrogen and oxygen atoms in total. The topological polar surface area (TPSA) is 50.4 Å². The van der Waals surface area contributed by atoms with Gasteiger partial charge in [0.1, 0.15) is 0 Å². The van der Waals surface area contributed by atoms with Gasteiger partial charge in [-0.15, -0.1) is 0 Å². The highest BCUT2D eigenvalue weighted by Crippen LogP contribution is 2.24. The number of amides is 1. The number of rotatable bonds is 4. The highest BCUT2D eigenvalue weighted by Gasteiger charge is 2.31. The molecular formula is C16H22N2O2. The van der Waals surface area contributed by atoms with Gasteiger partial charge < -0.3 is 15.4 Å². The SMILES string of the molecule is CCOC1CC(NC(=O)c2cccc3c2CCNC3)C1. The maximum absolute atomic E-state index is 12.4. The summed E-state index contributed by atoms with van der Waals surface area (Å²) >= 11 is 0. The molecule has 1 heterocycles. The van der Waals surface area contributed by atoms with Gasteiger partial charge in [0.25, 0.3) is 5.91 Å². The van der Waals surface area contributed by atoms with Crippen molar-refractivity contribution in [3.8, 4) is 0 Å². The van der Waals surface area contributed by atoms with Crippen molar-refractivity contribution >= 4 is 5.91 Å². The third kappa shape index (κ3) is 2.72. The predicted molar refractivity (Wildman–Crippen MR) is 77.8 cm³/mol. The molecule has 1 saturated carbocycles. The van der Waals surface area contributed by atoms with E-state index in [2.05, 4.69) is 16.7 Å². The van der Waals surface area contributed by atoms with Crippen LogP contribution in [0.3, 0.4) is 0 Å². The minimum absolute atomic E-state index is 0.0729. The van der Waals surface area contributed by atoms with Crippen molar-refractivity contribution in [1.82, 2.24) is 10.6 Å². The van der Waals surface area contributed by atoms with E-state index < -0.39 is 0 Å². The molecule has 1 aromatic rings. The summed E-state index contributed by atoms with van der Waals surface area (Å²) in [6, 6.07) is 6.30. The van der Waals surface area contributed by atoms with Crippen LogP contribution in [0.5, 0.6) is 0 Å². The van der Waals surface area contributed by atoms with Gasteiger partial charge in [-0.1, -0.05) is 12.1 Å². The van der Waals surface area contributed by atoms with Crippen molar-refractivity contribution in [2.45, 2.75) is 44.9 Å². The Morgan fingerprint density at radius 3 is 3.10 bits per heavy atom. The van der Waals surface area contributed by atoms with Crippen molar-refractivity contribution in [2.24, 2.45) is 0 Å². The molecule has 0 saturated heterocycles. The fourth-order valence-corrected chi connectivity index (χ4v) is 3.06. The molecule has 1 aliphatic carbocycles. The van der Waals surface area contributed by atoms with Crippen LogP contribution in [-0.2, 0) is 17.7 Å². The number of ether oxygens (including phenoxy) is 1. The van der Waals surface area contributed by atoms with Crippen LogP contribution >= 0.6 is 0 Å². The molecule has 0 spiro atoms. The molecular weight excluding hydrogens is 252 g/mol. The minimum Gasteiger partial charge on any atom is -0.378 e.